The molecule has 0 spiro atoms. The summed E-state index contributed by atoms with van der Waals surface area (Å²) in [6.45, 7) is 3.87. The normalized spacial score (nSPS) is 19.9. The molecule has 29 heavy (non-hydrogen) atoms. The van der Waals surface area contributed by atoms with E-state index in [0.717, 1.165) is 37.5 Å². The maximum atomic E-state index is 12.5. The molecule has 0 saturated carbocycles. The Kier molecular flexibility index (Phi) is 7.29. The van der Waals surface area contributed by atoms with Gasteiger partial charge in [-0.1, -0.05) is 12.1 Å². The van der Waals surface area contributed by atoms with Gasteiger partial charge in [-0.25, -0.2) is 0 Å². The molecule has 158 valence electrons. The second-order valence-corrected chi connectivity index (χ2v) is 7.12. The number of nitrogens with one attached hydrogen (secondary N) is 1. The van der Waals surface area contributed by atoms with Crippen LogP contribution >= 0.6 is 0 Å². The van der Waals surface area contributed by atoms with E-state index in [1.807, 2.05) is 23.1 Å². The fourth-order valence-electron chi connectivity index (χ4n) is 3.53. The summed E-state index contributed by atoms with van der Waals surface area (Å²) in [6, 6.07) is 7.48. The zero-order chi connectivity index (χ0) is 20.6. The van der Waals surface area contributed by atoms with Gasteiger partial charge in [-0.3, -0.25) is 14.6 Å². The Morgan fingerprint density at radius 1 is 1.28 bits per heavy atom. The van der Waals surface area contributed by atoms with Gasteiger partial charge < -0.3 is 30.3 Å². The van der Waals surface area contributed by atoms with E-state index in [1.165, 1.54) is 0 Å². The summed E-state index contributed by atoms with van der Waals surface area (Å²) in [6.07, 6.45) is 1.52. The quantitative estimate of drug-likeness (QED) is 0.509. The Bertz CT molecular complexity index is 740. The van der Waals surface area contributed by atoms with Gasteiger partial charge in [-0.15, -0.1) is 0 Å². The summed E-state index contributed by atoms with van der Waals surface area (Å²) >= 11 is 0. The number of amides is 2. The third-order valence-corrected chi connectivity index (χ3v) is 5.04. The summed E-state index contributed by atoms with van der Waals surface area (Å²) < 4.78 is 10.9. The van der Waals surface area contributed by atoms with Crippen molar-refractivity contribution in [1.29, 1.82) is 0 Å². The lowest BCUT2D eigenvalue weighted by Crippen LogP contribution is -2.55. The van der Waals surface area contributed by atoms with Crippen LogP contribution in [0.3, 0.4) is 0 Å². The first-order chi connectivity index (χ1) is 14.1. The Hall–Kier alpha value is -2.81. The lowest BCUT2D eigenvalue weighted by Gasteiger charge is -2.37. The zero-order valence-corrected chi connectivity index (χ0v) is 16.8. The fraction of sp³-hybridized carbons (Fsp3) is 0.550. The highest BCUT2D eigenvalue weighted by molar-refractivity contribution is 5.82. The van der Waals surface area contributed by atoms with Crippen molar-refractivity contribution in [2.45, 2.75) is 25.5 Å². The predicted molar refractivity (Wildman–Crippen MR) is 108 cm³/mol. The van der Waals surface area contributed by atoms with Crippen LogP contribution in [0, 0.1) is 0 Å². The predicted octanol–water partition coefficient (Wildman–Crippen LogP) is -0.0507. The van der Waals surface area contributed by atoms with Crippen molar-refractivity contribution in [2.75, 3.05) is 46.4 Å². The molecule has 9 nitrogen and oxygen atoms in total. The molecule has 9 heteroatoms. The summed E-state index contributed by atoms with van der Waals surface area (Å²) in [5.41, 5.74) is 6.11. The molecule has 2 saturated heterocycles. The van der Waals surface area contributed by atoms with Gasteiger partial charge in [0.25, 0.3) is 11.8 Å². The number of primary amides is 1. The second kappa shape index (κ2) is 10.1. The molecule has 1 aromatic rings. The highest BCUT2D eigenvalue weighted by Gasteiger charge is 2.30. The number of benzene rings is 1. The van der Waals surface area contributed by atoms with E-state index in [2.05, 4.69) is 15.2 Å². The van der Waals surface area contributed by atoms with E-state index in [0.29, 0.717) is 32.0 Å². The maximum Gasteiger partial charge on any atom is 0.255 e. The minimum Gasteiger partial charge on any atom is -0.484 e. The number of carbonyl (C=O) groups is 2. The van der Waals surface area contributed by atoms with Crippen molar-refractivity contribution in [3.05, 3.63) is 29.8 Å². The molecule has 2 amide bonds. The molecule has 2 heterocycles. The van der Waals surface area contributed by atoms with Crippen molar-refractivity contribution in [2.24, 2.45) is 10.7 Å². The maximum absolute atomic E-state index is 12.5. The Labute approximate surface area is 170 Å². The van der Waals surface area contributed by atoms with Gasteiger partial charge in [0.1, 0.15) is 11.9 Å². The number of carbonyl (C=O) groups excluding carboxylic acids is 2. The SMILES string of the molecule is CN=C(NCc1cccc(OCC(N)=O)c1)N1CCN(C(=O)C2CCCO2)CC1. The standard InChI is InChI=1S/C20H29N5O4/c1-22-20(23-13-15-4-2-5-16(12-15)29-14-18(21)26)25-9-7-24(8-10-25)19(27)17-6-3-11-28-17/h2,4-5,12,17H,3,6-11,13-14H2,1H3,(H2,21,26)(H,22,23). The number of guanidine groups is 1. The van der Waals surface area contributed by atoms with Crippen molar-refractivity contribution >= 4 is 17.8 Å². The van der Waals surface area contributed by atoms with Gasteiger partial charge in [-0.05, 0) is 30.5 Å². The molecule has 2 fully saturated rings. The average Bonchev–Trinajstić information content (AvgIpc) is 3.28. The molecule has 0 bridgehead atoms. The van der Waals surface area contributed by atoms with Crippen LogP contribution in [-0.2, 0) is 20.9 Å². The van der Waals surface area contributed by atoms with Crippen molar-refractivity contribution in [3.8, 4) is 5.75 Å². The van der Waals surface area contributed by atoms with Crippen LogP contribution in [0.5, 0.6) is 5.75 Å². The van der Waals surface area contributed by atoms with Crippen LogP contribution in [0.15, 0.2) is 29.3 Å². The third-order valence-electron chi connectivity index (χ3n) is 5.04. The van der Waals surface area contributed by atoms with Crippen LogP contribution in [0.25, 0.3) is 0 Å². The van der Waals surface area contributed by atoms with Gasteiger partial charge in [0.2, 0.25) is 0 Å². The number of nitrogens with two attached hydrogens (primary N) is 1. The molecule has 0 aromatic heterocycles. The van der Waals surface area contributed by atoms with Crippen LogP contribution in [0.1, 0.15) is 18.4 Å². The smallest absolute Gasteiger partial charge is 0.255 e. The van der Waals surface area contributed by atoms with E-state index < -0.39 is 5.91 Å². The minimum atomic E-state index is -0.508. The van der Waals surface area contributed by atoms with E-state index in [4.69, 9.17) is 15.2 Å². The van der Waals surface area contributed by atoms with Crippen LogP contribution in [0.2, 0.25) is 0 Å². The number of hydrogen-bond donors (Lipinski definition) is 2. The summed E-state index contributed by atoms with van der Waals surface area (Å²) in [5.74, 6) is 0.987. The Morgan fingerprint density at radius 3 is 2.69 bits per heavy atom. The molecule has 3 N–H and O–H groups in total. The van der Waals surface area contributed by atoms with Gasteiger partial charge >= 0.3 is 0 Å². The van der Waals surface area contributed by atoms with E-state index >= 15 is 0 Å². The monoisotopic (exact) mass is 403 g/mol. The summed E-state index contributed by atoms with van der Waals surface area (Å²) in [7, 11) is 1.75. The molecule has 0 aliphatic carbocycles. The number of aliphatic imine (C=N–C) groups is 1. The number of hydrogen-bond acceptors (Lipinski definition) is 5. The highest BCUT2D eigenvalue weighted by atomic mass is 16.5. The van der Waals surface area contributed by atoms with Gasteiger partial charge in [-0.2, -0.15) is 0 Å². The zero-order valence-electron chi connectivity index (χ0n) is 16.8. The minimum absolute atomic E-state index is 0.109. The molecule has 1 aromatic carbocycles. The molecule has 2 aliphatic heterocycles. The summed E-state index contributed by atoms with van der Waals surface area (Å²) in [4.78, 5) is 31.7. The van der Waals surface area contributed by atoms with Crippen LogP contribution < -0.4 is 15.8 Å². The molecule has 2 aliphatic rings. The molecule has 0 radical (unpaired) electrons. The van der Waals surface area contributed by atoms with Crippen molar-refractivity contribution < 1.29 is 19.1 Å². The van der Waals surface area contributed by atoms with Crippen LogP contribution in [-0.4, -0.2) is 80.1 Å². The third kappa shape index (κ3) is 5.83. The number of ether oxygens (including phenoxy) is 2. The van der Waals surface area contributed by atoms with Crippen molar-refractivity contribution in [3.63, 3.8) is 0 Å². The van der Waals surface area contributed by atoms with Crippen molar-refractivity contribution in [1.82, 2.24) is 15.1 Å². The number of rotatable bonds is 6. The van der Waals surface area contributed by atoms with Gasteiger partial charge in [0.15, 0.2) is 12.6 Å². The second-order valence-electron chi connectivity index (χ2n) is 7.12. The lowest BCUT2D eigenvalue weighted by molar-refractivity contribution is -0.142. The van der Waals surface area contributed by atoms with Gasteiger partial charge in [0.05, 0.1) is 0 Å². The first kappa shape index (κ1) is 20.9. The molecular weight excluding hydrogens is 374 g/mol. The Balaban J connectivity index is 1.48. The lowest BCUT2D eigenvalue weighted by atomic mass is 10.2. The summed E-state index contributed by atoms with van der Waals surface area (Å²) in [5, 5.41) is 3.35. The van der Waals surface area contributed by atoms with Crippen LogP contribution in [0.4, 0.5) is 0 Å². The molecule has 1 atom stereocenters. The average molecular weight is 403 g/mol. The first-order valence-electron chi connectivity index (χ1n) is 9.93. The van der Waals surface area contributed by atoms with Gasteiger partial charge in [0, 0.05) is 46.4 Å². The Morgan fingerprint density at radius 2 is 2.03 bits per heavy atom. The molecular formula is C20H29N5O4. The highest BCUT2D eigenvalue weighted by Crippen LogP contribution is 2.16. The van der Waals surface area contributed by atoms with E-state index in [1.54, 1.807) is 13.1 Å². The fourth-order valence-corrected chi connectivity index (χ4v) is 3.53. The number of nitrogens with zero attached hydrogens (tertiary/aromatic N) is 3. The topological polar surface area (TPSA) is 109 Å². The molecule has 3 rings (SSSR count). The number of piperazine rings is 1. The molecule has 1 unspecified atom stereocenters. The first-order valence-corrected chi connectivity index (χ1v) is 9.93. The largest absolute Gasteiger partial charge is 0.484 e. The van der Waals surface area contributed by atoms with E-state index in [-0.39, 0.29) is 18.6 Å². The van der Waals surface area contributed by atoms with E-state index in [9.17, 15) is 9.59 Å².